The van der Waals surface area contributed by atoms with Crippen LogP contribution in [0.5, 0.6) is 0 Å². The van der Waals surface area contributed by atoms with E-state index in [0.717, 1.165) is 21.2 Å². The van der Waals surface area contributed by atoms with Crippen molar-refractivity contribution in [3.05, 3.63) is 40.5 Å². The summed E-state index contributed by atoms with van der Waals surface area (Å²) in [5.74, 6) is -0.410. The molecule has 1 amide bonds. The number of benzene rings is 1. The van der Waals surface area contributed by atoms with Crippen LogP contribution in [-0.2, 0) is 14.8 Å². The van der Waals surface area contributed by atoms with Crippen molar-refractivity contribution in [2.24, 2.45) is 5.92 Å². The number of halogens is 2. The Labute approximate surface area is 204 Å². The second kappa shape index (κ2) is 9.10. The van der Waals surface area contributed by atoms with E-state index in [1.807, 2.05) is 11.0 Å². The number of thiophene rings is 1. The number of anilines is 1. The number of rotatable bonds is 4. The van der Waals surface area contributed by atoms with Gasteiger partial charge in [0.25, 0.3) is 10.0 Å². The van der Waals surface area contributed by atoms with Crippen molar-refractivity contribution in [1.29, 1.82) is 0 Å². The molecule has 1 aromatic carbocycles. The molecule has 0 N–H and O–H groups in total. The Bertz CT molecular complexity index is 1280. The number of fused-ring (bicyclic) bond motifs is 1. The first-order valence-electron chi connectivity index (χ1n) is 10.7. The number of carbonyl (C=O) groups excluding carboxylic acids is 1. The second-order valence-corrected chi connectivity index (χ2v) is 13.0. The molecule has 2 saturated heterocycles. The lowest BCUT2D eigenvalue weighted by Gasteiger charge is -2.38. The molecule has 2 fully saturated rings. The van der Waals surface area contributed by atoms with Gasteiger partial charge in [-0.2, -0.15) is 4.31 Å². The molecule has 2 aliphatic rings. The maximum absolute atomic E-state index is 14.0. The summed E-state index contributed by atoms with van der Waals surface area (Å²) in [6.45, 7) is 3.07. The number of nitrogens with zero attached hydrogens (tertiary/aromatic N) is 4. The summed E-state index contributed by atoms with van der Waals surface area (Å²) >= 11 is 8.40. The van der Waals surface area contributed by atoms with Gasteiger partial charge in [0.05, 0.1) is 9.04 Å². The van der Waals surface area contributed by atoms with Crippen molar-refractivity contribution < 1.29 is 17.6 Å². The monoisotopic (exact) mass is 528 g/mol. The molecule has 5 rings (SSSR count). The van der Waals surface area contributed by atoms with Crippen molar-refractivity contribution in [2.45, 2.75) is 17.1 Å². The Morgan fingerprint density at radius 2 is 1.76 bits per heavy atom. The lowest BCUT2D eigenvalue weighted by molar-refractivity contribution is -0.137. The highest BCUT2D eigenvalue weighted by Crippen LogP contribution is 2.32. The van der Waals surface area contributed by atoms with Gasteiger partial charge in [0.1, 0.15) is 15.5 Å². The topological polar surface area (TPSA) is 73.8 Å². The minimum atomic E-state index is -3.56. The molecule has 7 nitrogen and oxygen atoms in total. The number of sulfonamides is 1. The van der Waals surface area contributed by atoms with E-state index in [0.29, 0.717) is 62.0 Å². The van der Waals surface area contributed by atoms with E-state index in [9.17, 15) is 17.6 Å². The predicted molar refractivity (Wildman–Crippen MR) is 129 cm³/mol. The summed E-state index contributed by atoms with van der Waals surface area (Å²) in [6, 6.07) is 8.06. The van der Waals surface area contributed by atoms with E-state index in [1.165, 1.54) is 27.8 Å². The van der Waals surface area contributed by atoms with E-state index < -0.39 is 10.0 Å². The van der Waals surface area contributed by atoms with Crippen molar-refractivity contribution >= 4 is 65.6 Å². The maximum Gasteiger partial charge on any atom is 0.252 e. The predicted octanol–water partition coefficient (Wildman–Crippen LogP) is 3.90. The summed E-state index contributed by atoms with van der Waals surface area (Å²) in [5.41, 5.74) is 0.391. The van der Waals surface area contributed by atoms with Crippen LogP contribution in [0.1, 0.15) is 12.8 Å². The van der Waals surface area contributed by atoms with Gasteiger partial charge >= 0.3 is 0 Å². The Morgan fingerprint density at radius 3 is 2.39 bits per heavy atom. The van der Waals surface area contributed by atoms with Gasteiger partial charge in [0.2, 0.25) is 5.91 Å². The quantitative estimate of drug-likeness (QED) is 0.513. The molecule has 0 atom stereocenters. The van der Waals surface area contributed by atoms with Crippen LogP contribution in [0.2, 0.25) is 4.34 Å². The standard InChI is InChI=1S/C21H22ClFN4O3S3/c22-17-4-5-18(32-17)33(29,30)27-8-6-14(7-9-27)20(28)25-10-12-26(13-11-25)21-24-19-15(23)2-1-3-16(19)31-21/h1-5,14H,6-13H2. The fourth-order valence-corrected chi connectivity index (χ4v) is 8.46. The largest absolute Gasteiger partial charge is 0.345 e. The van der Waals surface area contributed by atoms with Gasteiger partial charge in [-0.05, 0) is 37.1 Å². The fraction of sp³-hybridized carbons (Fsp3) is 0.429. The van der Waals surface area contributed by atoms with E-state index in [-0.39, 0.29) is 21.9 Å². The van der Waals surface area contributed by atoms with Crippen LogP contribution in [0.4, 0.5) is 9.52 Å². The highest BCUT2D eigenvalue weighted by Gasteiger charge is 2.35. The van der Waals surface area contributed by atoms with Crippen molar-refractivity contribution in [2.75, 3.05) is 44.2 Å². The first-order chi connectivity index (χ1) is 15.8. The number of thiazole rings is 1. The third-order valence-electron chi connectivity index (χ3n) is 6.17. The molecule has 0 bridgehead atoms. The van der Waals surface area contributed by atoms with Crippen LogP contribution >= 0.6 is 34.3 Å². The van der Waals surface area contributed by atoms with Crippen LogP contribution in [0.3, 0.4) is 0 Å². The Balaban J connectivity index is 1.17. The van der Waals surface area contributed by atoms with Gasteiger partial charge in [-0.1, -0.05) is 29.0 Å². The minimum absolute atomic E-state index is 0.0845. The highest BCUT2D eigenvalue weighted by molar-refractivity contribution is 7.91. The van der Waals surface area contributed by atoms with Gasteiger partial charge in [-0.15, -0.1) is 11.3 Å². The van der Waals surface area contributed by atoms with Crippen molar-refractivity contribution in [1.82, 2.24) is 14.2 Å². The lowest BCUT2D eigenvalue weighted by atomic mass is 9.96. The Kier molecular flexibility index (Phi) is 6.34. The number of carbonyl (C=O) groups is 1. The molecule has 0 spiro atoms. The molecule has 0 saturated carbocycles. The number of para-hydroxylation sites is 1. The summed E-state index contributed by atoms with van der Waals surface area (Å²) in [5, 5.41) is 0.773. The third-order valence-corrected chi connectivity index (χ3v) is 10.8. The van der Waals surface area contributed by atoms with Gasteiger partial charge in [0, 0.05) is 45.2 Å². The molecular formula is C21H22ClFN4O3S3. The molecule has 0 unspecified atom stereocenters. The average Bonchev–Trinajstić information content (AvgIpc) is 3.46. The van der Waals surface area contributed by atoms with Gasteiger partial charge < -0.3 is 9.80 Å². The molecule has 3 aromatic rings. The number of piperazine rings is 1. The number of amides is 1. The zero-order valence-corrected chi connectivity index (χ0v) is 20.8. The zero-order valence-electron chi connectivity index (χ0n) is 17.6. The second-order valence-electron chi connectivity index (χ2n) is 8.13. The van der Waals surface area contributed by atoms with Crippen LogP contribution in [0.15, 0.2) is 34.5 Å². The molecule has 0 radical (unpaired) electrons. The molecule has 2 aliphatic heterocycles. The Morgan fingerprint density at radius 1 is 1.03 bits per heavy atom. The van der Waals surface area contributed by atoms with E-state index in [1.54, 1.807) is 12.1 Å². The first-order valence-corrected chi connectivity index (χ1v) is 14.1. The number of piperidine rings is 1. The normalized spacial score (nSPS) is 18.8. The van der Waals surface area contributed by atoms with Crippen LogP contribution < -0.4 is 4.90 Å². The molecule has 0 aliphatic carbocycles. The first kappa shape index (κ1) is 23.0. The zero-order chi connectivity index (χ0) is 23.2. The van der Waals surface area contributed by atoms with Crippen molar-refractivity contribution in [3.63, 3.8) is 0 Å². The van der Waals surface area contributed by atoms with Crippen LogP contribution in [-0.4, -0.2) is 67.8 Å². The molecular weight excluding hydrogens is 507 g/mol. The number of hydrogen-bond acceptors (Lipinski definition) is 7. The molecule has 176 valence electrons. The van der Waals surface area contributed by atoms with E-state index in [4.69, 9.17) is 11.6 Å². The summed E-state index contributed by atoms with van der Waals surface area (Å²) in [6.07, 6.45) is 1.02. The van der Waals surface area contributed by atoms with E-state index >= 15 is 0 Å². The van der Waals surface area contributed by atoms with Crippen LogP contribution in [0, 0.1) is 11.7 Å². The van der Waals surface area contributed by atoms with Crippen molar-refractivity contribution in [3.8, 4) is 0 Å². The van der Waals surface area contributed by atoms with E-state index in [2.05, 4.69) is 9.88 Å². The molecule has 2 aromatic heterocycles. The summed E-state index contributed by atoms with van der Waals surface area (Å²) < 4.78 is 42.5. The molecule has 12 heteroatoms. The summed E-state index contributed by atoms with van der Waals surface area (Å²) in [7, 11) is -3.56. The lowest BCUT2D eigenvalue weighted by Crippen LogP contribution is -2.52. The fourth-order valence-electron chi connectivity index (χ4n) is 4.32. The minimum Gasteiger partial charge on any atom is -0.345 e. The molecule has 33 heavy (non-hydrogen) atoms. The van der Waals surface area contributed by atoms with Crippen LogP contribution in [0.25, 0.3) is 10.2 Å². The van der Waals surface area contributed by atoms with Gasteiger partial charge in [-0.25, -0.2) is 17.8 Å². The number of hydrogen-bond donors (Lipinski definition) is 0. The van der Waals surface area contributed by atoms with Gasteiger partial charge in [-0.3, -0.25) is 4.79 Å². The molecule has 4 heterocycles. The third kappa shape index (κ3) is 4.49. The maximum atomic E-state index is 14.0. The van der Waals surface area contributed by atoms with Gasteiger partial charge in [0.15, 0.2) is 5.13 Å². The smallest absolute Gasteiger partial charge is 0.252 e. The summed E-state index contributed by atoms with van der Waals surface area (Å²) in [4.78, 5) is 21.5. The Hall–Kier alpha value is -1.79. The SMILES string of the molecule is O=C(C1CCN(S(=O)(=O)c2ccc(Cl)s2)CC1)N1CCN(c2nc3c(F)cccc3s2)CC1. The number of aromatic nitrogens is 1. The highest BCUT2D eigenvalue weighted by atomic mass is 35.5. The average molecular weight is 529 g/mol.